The van der Waals surface area contributed by atoms with Crippen molar-refractivity contribution in [2.45, 2.75) is 19.3 Å². The van der Waals surface area contributed by atoms with E-state index in [0.717, 1.165) is 0 Å². The van der Waals surface area contributed by atoms with Crippen molar-refractivity contribution in [3.05, 3.63) is 65.5 Å². The minimum atomic E-state index is -0.316. The third-order valence-electron chi connectivity index (χ3n) is 4.80. The molecule has 1 aliphatic heterocycles. The molecule has 0 saturated carbocycles. The predicted octanol–water partition coefficient (Wildman–Crippen LogP) is 3.13. The van der Waals surface area contributed by atoms with Gasteiger partial charge in [0, 0.05) is 26.6 Å². The molecule has 29 heavy (non-hydrogen) atoms. The van der Waals surface area contributed by atoms with Crippen molar-refractivity contribution in [2.75, 3.05) is 26.7 Å². The summed E-state index contributed by atoms with van der Waals surface area (Å²) in [5.41, 5.74) is 0.837. The number of ether oxygens (including phenoxy) is 1. The Morgan fingerprint density at radius 2 is 1.62 bits per heavy atom. The molecule has 0 atom stereocenters. The summed E-state index contributed by atoms with van der Waals surface area (Å²) in [7, 11) is 1.71. The minimum Gasteiger partial charge on any atom is -0.494 e. The minimum absolute atomic E-state index is 0.0524. The Labute approximate surface area is 168 Å². The Morgan fingerprint density at radius 3 is 2.24 bits per heavy atom. The molecule has 0 fully saturated rings. The molecule has 0 N–H and O–H groups in total. The molecule has 3 rings (SSSR count). The van der Waals surface area contributed by atoms with Crippen molar-refractivity contribution in [2.24, 2.45) is 0 Å². The number of benzene rings is 2. The Hall–Kier alpha value is -3.22. The zero-order chi connectivity index (χ0) is 20.8. The molecule has 1 heterocycles. The number of amides is 3. The molecule has 0 bridgehead atoms. The summed E-state index contributed by atoms with van der Waals surface area (Å²) in [5.74, 6) is -0.387. The standard InChI is InChI=1S/C22H23FN2O4/c1-24(13-5-15-29-17-11-9-16(23)10-12-17)20(26)8-4-14-25-21(27)18-6-2-3-7-19(18)22(25)28/h2-3,6-7,9-12H,4-5,8,13-15H2,1H3. The van der Waals surface area contributed by atoms with E-state index < -0.39 is 0 Å². The first-order valence-corrected chi connectivity index (χ1v) is 9.55. The van der Waals surface area contributed by atoms with E-state index in [1.165, 1.54) is 17.0 Å². The number of hydrogen-bond acceptors (Lipinski definition) is 4. The van der Waals surface area contributed by atoms with Crippen molar-refractivity contribution in [3.63, 3.8) is 0 Å². The van der Waals surface area contributed by atoms with E-state index in [0.29, 0.717) is 42.9 Å². The van der Waals surface area contributed by atoms with Gasteiger partial charge in [-0.1, -0.05) is 12.1 Å². The summed E-state index contributed by atoms with van der Waals surface area (Å²) in [6.45, 7) is 1.16. The highest BCUT2D eigenvalue weighted by Gasteiger charge is 2.34. The van der Waals surface area contributed by atoms with Crippen LogP contribution in [0.2, 0.25) is 0 Å². The molecule has 2 aromatic rings. The summed E-state index contributed by atoms with van der Waals surface area (Å²) in [4.78, 5) is 39.7. The molecule has 2 aromatic carbocycles. The second kappa shape index (κ2) is 9.32. The van der Waals surface area contributed by atoms with E-state index in [1.54, 1.807) is 48.3 Å². The van der Waals surface area contributed by atoms with Crippen LogP contribution in [0.4, 0.5) is 4.39 Å². The third kappa shape index (κ3) is 4.99. The SMILES string of the molecule is CN(CCCOc1ccc(F)cc1)C(=O)CCCN1C(=O)c2ccccc2C1=O. The molecular formula is C22H23FN2O4. The lowest BCUT2D eigenvalue weighted by Crippen LogP contribution is -2.33. The second-order valence-electron chi connectivity index (χ2n) is 6.88. The van der Waals surface area contributed by atoms with Crippen LogP contribution in [0.25, 0.3) is 0 Å². The predicted molar refractivity (Wildman–Crippen MR) is 105 cm³/mol. The number of carbonyl (C=O) groups excluding carboxylic acids is 3. The zero-order valence-corrected chi connectivity index (χ0v) is 16.3. The van der Waals surface area contributed by atoms with Crippen LogP contribution in [-0.4, -0.2) is 54.3 Å². The fourth-order valence-electron chi connectivity index (χ4n) is 3.17. The van der Waals surface area contributed by atoms with Crippen LogP contribution >= 0.6 is 0 Å². The molecule has 0 aromatic heterocycles. The van der Waals surface area contributed by atoms with Crippen LogP contribution in [0.5, 0.6) is 5.75 Å². The van der Waals surface area contributed by atoms with Crippen molar-refractivity contribution in [3.8, 4) is 5.75 Å². The number of imide groups is 1. The van der Waals surface area contributed by atoms with E-state index in [4.69, 9.17) is 4.74 Å². The van der Waals surface area contributed by atoms with Gasteiger partial charge >= 0.3 is 0 Å². The summed E-state index contributed by atoms with van der Waals surface area (Å²) in [6, 6.07) is 12.5. The number of nitrogens with zero attached hydrogens (tertiary/aromatic N) is 2. The van der Waals surface area contributed by atoms with Gasteiger partial charge in [-0.05, 0) is 49.2 Å². The molecule has 0 saturated heterocycles. The molecule has 152 valence electrons. The molecule has 3 amide bonds. The molecule has 0 unspecified atom stereocenters. The molecule has 0 aliphatic carbocycles. The van der Waals surface area contributed by atoms with Crippen molar-refractivity contribution in [1.82, 2.24) is 9.80 Å². The van der Waals surface area contributed by atoms with Crippen molar-refractivity contribution < 1.29 is 23.5 Å². The number of carbonyl (C=O) groups is 3. The van der Waals surface area contributed by atoms with E-state index in [-0.39, 0.29) is 36.5 Å². The molecule has 0 radical (unpaired) electrons. The second-order valence-corrected chi connectivity index (χ2v) is 6.88. The zero-order valence-electron chi connectivity index (χ0n) is 16.3. The number of hydrogen-bond donors (Lipinski definition) is 0. The normalized spacial score (nSPS) is 12.8. The smallest absolute Gasteiger partial charge is 0.261 e. The molecule has 1 aliphatic rings. The largest absolute Gasteiger partial charge is 0.494 e. The van der Waals surface area contributed by atoms with Crippen LogP contribution in [-0.2, 0) is 4.79 Å². The maximum absolute atomic E-state index is 12.8. The van der Waals surface area contributed by atoms with Crippen LogP contribution in [0, 0.1) is 5.82 Å². The lowest BCUT2D eigenvalue weighted by molar-refractivity contribution is -0.130. The van der Waals surface area contributed by atoms with Gasteiger partial charge < -0.3 is 9.64 Å². The van der Waals surface area contributed by atoms with Gasteiger partial charge in [0.15, 0.2) is 0 Å². The molecule has 6 nitrogen and oxygen atoms in total. The van der Waals surface area contributed by atoms with Crippen LogP contribution in [0.15, 0.2) is 48.5 Å². The maximum atomic E-state index is 12.8. The van der Waals surface area contributed by atoms with Crippen LogP contribution < -0.4 is 4.74 Å². The van der Waals surface area contributed by atoms with Crippen LogP contribution in [0.1, 0.15) is 40.0 Å². The van der Waals surface area contributed by atoms with Crippen molar-refractivity contribution in [1.29, 1.82) is 0 Å². The molecule has 7 heteroatoms. The average Bonchev–Trinajstić information content (AvgIpc) is 2.97. The van der Waals surface area contributed by atoms with Gasteiger partial charge in [0.05, 0.1) is 17.7 Å². The molecule has 0 spiro atoms. The summed E-state index contributed by atoms with van der Waals surface area (Å²) in [5, 5.41) is 0. The number of rotatable bonds is 9. The summed E-state index contributed by atoms with van der Waals surface area (Å²) >= 11 is 0. The summed E-state index contributed by atoms with van der Waals surface area (Å²) in [6.07, 6.45) is 1.31. The van der Waals surface area contributed by atoms with Gasteiger partial charge in [0.2, 0.25) is 5.91 Å². The number of halogens is 1. The Balaban J connectivity index is 1.35. The van der Waals surface area contributed by atoms with Gasteiger partial charge in [-0.2, -0.15) is 0 Å². The highest BCUT2D eigenvalue weighted by atomic mass is 19.1. The van der Waals surface area contributed by atoms with E-state index >= 15 is 0 Å². The monoisotopic (exact) mass is 398 g/mol. The number of fused-ring (bicyclic) bond motifs is 1. The maximum Gasteiger partial charge on any atom is 0.261 e. The van der Waals surface area contributed by atoms with Crippen molar-refractivity contribution >= 4 is 17.7 Å². The Morgan fingerprint density at radius 1 is 1.00 bits per heavy atom. The fraction of sp³-hybridized carbons (Fsp3) is 0.318. The lowest BCUT2D eigenvalue weighted by atomic mass is 10.1. The lowest BCUT2D eigenvalue weighted by Gasteiger charge is -2.18. The molecular weight excluding hydrogens is 375 g/mol. The first-order chi connectivity index (χ1) is 14.0. The highest BCUT2D eigenvalue weighted by Crippen LogP contribution is 2.22. The van der Waals surface area contributed by atoms with Gasteiger partial charge in [-0.15, -0.1) is 0 Å². The Bertz CT molecular complexity index is 863. The van der Waals surface area contributed by atoms with Gasteiger partial charge in [0.1, 0.15) is 11.6 Å². The van der Waals surface area contributed by atoms with Gasteiger partial charge in [-0.3, -0.25) is 19.3 Å². The topological polar surface area (TPSA) is 66.9 Å². The van der Waals surface area contributed by atoms with Gasteiger partial charge in [0.25, 0.3) is 11.8 Å². The van der Waals surface area contributed by atoms with E-state index in [9.17, 15) is 18.8 Å². The van der Waals surface area contributed by atoms with Crippen LogP contribution in [0.3, 0.4) is 0 Å². The Kier molecular flexibility index (Phi) is 6.59. The van der Waals surface area contributed by atoms with Gasteiger partial charge in [-0.25, -0.2) is 4.39 Å². The van der Waals surface area contributed by atoms with E-state index in [1.807, 2.05) is 0 Å². The summed E-state index contributed by atoms with van der Waals surface area (Å²) < 4.78 is 18.4. The third-order valence-corrected chi connectivity index (χ3v) is 4.80. The first kappa shape index (κ1) is 20.5. The van der Waals surface area contributed by atoms with E-state index in [2.05, 4.69) is 0 Å². The highest BCUT2D eigenvalue weighted by molar-refractivity contribution is 6.21. The fourth-order valence-corrected chi connectivity index (χ4v) is 3.17. The average molecular weight is 398 g/mol. The quantitative estimate of drug-likeness (QED) is 0.481. The first-order valence-electron chi connectivity index (χ1n) is 9.55.